The van der Waals surface area contributed by atoms with Crippen molar-refractivity contribution in [3.8, 4) is 0 Å². The number of furan rings is 1. The first-order chi connectivity index (χ1) is 9.58. The lowest BCUT2D eigenvalue weighted by Gasteiger charge is -2.33. The number of carboxylic acid groups (broad SMARTS) is 1. The largest absolute Gasteiger partial charge is 0.480 e. The number of morpholine rings is 1. The summed E-state index contributed by atoms with van der Waals surface area (Å²) in [6, 6.07) is 2.15. The fourth-order valence-electron chi connectivity index (χ4n) is 2.13. The van der Waals surface area contributed by atoms with Crippen LogP contribution in [0.15, 0.2) is 22.8 Å². The number of carbonyl (C=O) groups is 2. The molecule has 7 nitrogen and oxygen atoms in total. The molecule has 110 valence electrons. The molecular weight excluding hydrogens is 264 g/mol. The molecule has 1 aliphatic rings. The second-order valence-corrected chi connectivity index (χ2v) is 4.76. The Hall–Kier alpha value is -2.02. The van der Waals surface area contributed by atoms with E-state index in [4.69, 9.17) is 14.3 Å². The maximum Gasteiger partial charge on any atom is 0.328 e. The standard InChI is InChI=1S/C13H18N2O5/c1-9(7-10-3-2-5-20-10)14-13(18)15-4-6-19-8-11(15)12(16)17/h2-3,5,9,11H,4,6-8H2,1H3,(H,14,18)(H,16,17). The maximum atomic E-state index is 12.1. The molecular formula is C13H18N2O5. The van der Waals surface area contributed by atoms with Crippen LogP contribution in [0.25, 0.3) is 0 Å². The minimum absolute atomic E-state index is 0.0231. The minimum Gasteiger partial charge on any atom is -0.480 e. The molecule has 0 aliphatic carbocycles. The average Bonchev–Trinajstić information content (AvgIpc) is 2.91. The van der Waals surface area contributed by atoms with Crippen molar-refractivity contribution < 1.29 is 23.8 Å². The third-order valence-corrected chi connectivity index (χ3v) is 3.13. The highest BCUT2D eigenvalue weighted by molar-refractivity contribution is 5.83. The van der Waals surface area contributed by atoms with Gasteiger partial charge in [0.1, 0.15) is 5.76 Å². The Balaban J connectivity index is 1.90. The second kappa shape index (κ2) is 6.42. The highest BCUT2D eigenvalue weighted by Crippen LogP contribution is 2.09. The van der Waals surface area contributed by atoms with Crippen LogP contribution in [0.4, 0.5) is 4.79 Å². The zero-order chi connectivity index (χ0) is 14.5. The van der Waals surface area contributed by atoms with Crippen LogP contribution in [0.3, 0.4) is 0 Å². The van der Waals surface area contributed by atoms with E-state index < -0.39 is 12.0 Å². The number of carboxylic acids is 1. The molecule has 2 unspecified atom stereocenters. The fourth-order valence-corrected chi connectivity index (χ4v) is 2.13. The van der Waals surface area contributed by atoms with Gasteiger partial charge in [0, 0.05) is 19.0 Å². The van der Waals surface area contributed by atoms with E-state index in [1.165, 1.54) is 4.90 Å². The summed E-state index contributed by atoms with van der Waals surface area (Å²) in [5.74, 6) is -0.284. The summed E-state index contributed by atoms with van der Waals surface area (Å²) >= 11 is 0. The molecule has 0 radical (unpaired) electrons. The number of ether oxygens (including phenoxy) is 1. The number of aliphatic carboxylic acids is 1. The van der Waals surface area contributed by atoms with Crippen LogP contribution < -0.4 is 5.32 Å². The van der Waals surface area contributed by atoms with E-state index in [-0.39, 0.29) is 25.2 Å². The van der Waals surface area contributed by atoms with Gasteiger partial charge in [0.15, 0.2) is 6.04 Å². The van der Waals surface area contributed by atoms with Gasteiger partial charge in [-0.05, 0) is 19.1 Å². The number of urea groups is 1. The van der Waals surface area contributed by atoms with Crippen LogP contribution in [-0.2, 0) is 16.0 Å². The van der Waals surface area contributed by atoms with Gasteiger partial charge >= 0.3 is 12.0 Å². The van der Waals surface area contributed by atoms with Gasteiger partial charge in [0.25, 0.3) is 0 Å². The summed E-state index contributed by atoms with van der Waals surface area (Å²) in [6.07, 6.45) is 2.13. The van der Waals surface area contributed by atoms with E-state index in [9.17, 15) is 9.59 Å². The monoisotopic (exact) mass is 282 g/mol. The molecule has 0 saturated carbocycles. The molecule has 2 atom stereocenters. The van der Waals surface area contributed by atoms with Crippen LogP contribution in [-0.4, -0.2) is 53.8 Å². The van der Waals surface area contributed by atoms with Crippen LogP contribution in [0.1, 0.15) is 12.7 Å². The van der Waals surface area contributed by atoms with Crippen molar-refractivity contribution >= 4 is 12.0 Å². The van der Waals surface area contributed by atoms with Crippen molar-refractivity contribution in [3.05, 3.63) is 24.2 Å². The van der Waals surface area contributed by atoms with Crippen LogP contribution >= 0.6 is 0 Å². The molecule has 0 bridgehead atoms. The Morgan fingerprint density at radius 2 is 2.40 bits per heavy atom. The molecule has 1 fully saturated rings. The number of rotatable bonds is 4. The summed E-state index contributed by atoms with van der Waals surface area (Å²) in [5, 5.41) is 11.9. The summed E-state index contributed by atoms with van der Waals surface area (Å²) in [7, 11) is 0. The van der Waals surface area contributed by atoms with Gasteiger partial charge in [-0.25, -0.2) is 9.59 Å². The quantitative estimate of drug-likeness (QED) is 0.848. The molecule has 2 amide bonds. The Morgan fingerprint density at radius 1 is 1.60 bits per heavy atom. The highest BCUT2D eigenvalue weighted by Gasteiger charge is 2.33. The number of carbonyl (C=O) groups excluding carboxylic acids is 1. The number of hydrogen-bond acceptors (Lipinski definition) is 4. The van der Waals surface area contributed by atoms with Crippen LogP contribution in [0.2, 0.25) is 0 Å². The van der Waals surface area contributed by atoms with Crippen molar-refractivity contribution in [2.24, 2.45) is 0 Å². The van der Waals surface area contributed by atoms with Gasteiger partial charge < -0.3 is 24.5 Å². The van der Waals surface area contributed by atoms with Crippen molar-refractivity contribution in [2.75, 3.05) is 19.8 Å². The number of nitrogens with one attached hydrogen (secondary N) is 1. The van der Waals surface area contributed by atoms with Crippen molar-refractivity contribution in [2.45, 2.75) is 25.4 Å². The molecule has 2 rings (SSSR count). The predicted octanol–water partition coefficient (Wildman–Crippen LogP) is 0.706. The van der Waals surface area contributed by atoms with E-state index in [0.29, 0.717) is 13.0 Å². The molecule has 0 spiro atoms. The summed E-state index contributed by atoms with van der Waals surface area (Å²) in [6.45, 7) is 2.49. The molecule has 7 heteroatoms. The van der Waals surface area contributed by atoms with Crippen molar-refractivity contribution in [1.29, 1.82) is 0 Å². The zero-order valence-electron chi connectivity index (χ0n) is 11.2. The van der Waals surface area contributed by atoms with Gasteiger partial charge in [-0.15, -0.1) is 0 Å². The molecule has 2 N–H and O–H groups in total. The summed E-state index contributed by atoms with van der Waals surface area (Å²) < 4.78 is 10.3. The second-order valence-electron chi connectivity index (χ2n) is 4.76. The van der Waals surface area contributed by atoms with Gasteiger partial charge in [-0.2, -0.15) is 0 Å². The molecule has 0 aromatic carbocycles. The van der Waals surface area contributed by atoms with E-state index in [2.05, 4.69) is 5.32 Å². The lowest BCUT2D eigenvalue weighted by atomic mass is 10.2. The van der Waals surface area contributed by atoms with Gasteiger partial charge in [0.05, 0.1) is 19.5 Å². The van der Waals surface area contributed by atoms with E-state index in [1.54, 1.807) is 12.3 Å². The lowest BCUT2D eigenvalue weighted by molar-refractivity contribution is -0.147. The Bertz CT molecular complexity index is 459. The summed E-state index contributed by atoms with van der Waals surface area (Å²) in [5.41, 5.74) is 0. The van der Waals surface area contributed by atoms with E-state index in [0.717, 1.165) is 5.76 Å². The first kappa shape index (κ1) is 14.4. The average molecular weight is 282 g/mol. The molecule has 1 saturated heterocycles. The third kappa shape index (κ3) is 3.51. The van der Waals surface area contributed by atoms with Gasteiger partial charge in [-0.3, -0.25) is 0 Å². The smallest absolute Gasteiger partial charge is 0.328 e. The van der Waals surface area contributed by atoms with Crippen molar-refractivity contribution in [1.82, 2.24) is 10.2 Å². The first-order valence-electron chi connectivity index (χ1n) is 6.48. The first-order valence-corrected chi connectivity index (χ1v) is 6.48. The third-order valence-electron chi connectivity index (χ3n) is 3.13. The SMILES string of the molecule is CC(Cc1ccco1)NC(=O)N1CCOCC1C(=O)O. The maximum absolute atomic E-state index is 12.1. The molecule has 1 aromatic rings. The van der Waals surface area contributed by atoms with Gasteiger partial charge in [0.2, 0.25) is 0 Å². The van der Waals surface area contributed by atoms with Crippen LogP contribution in [0.5, 0.6) is 0 Å². The fraction of sp³-hybridized carbons (Fsp3) is 0.538. The minimum atomic E-state index is -1.06. The lowest BCUT2D eigenvalue weighted by Crippen LogP contribution is -2.57. The molecule has 1 aromatic heterocycles. The Kier molecular flexibility index (Phi) is 4.62. The highest BCUT2D eigenvalue weighted by atomic mass is 16.5. The van der Waals surface area contributed by atoms with E-state index >= 15 is 0 Å². The molecule has 20 heavy (non-hydrogen) atoms. The Morgan fingerprint density at radius 3 is 3.05 bits per heavy atom. The topological polar surface area (TPSA) is 92.0 Å². The normalized spacial score (nSPS) is 20.4. The van der Waals surface area contributed by atoms with E-state index in [1.807, 2.05) is 13.0 Å². The predicted molar refractivity (Wildman–Crippen MR) is 69.4 cm³/mol. The van der Waals surface area contributed by atoms with Gasteiger partial charge in [-0.1, -0.05) is 0 Å². The number of amides is 2. The summed E-state index contributed by atoms with van der Waals surface area (Å²) in [4.78, 5) is 24.5. The molecule has 2 heterocycles. The van der Waals surface area contributed by atoms with Crippen molar-refractivity contribution in [3.63, 3.8) is 0 Å². The van der Waals surface area contributed by atoms with Crippen LogP contribution in [0, 0.1) is 0 Å². The zero-order valence-corrected chi connectivity index (χ0v) is 11.2. The number of hydrogen-bond donors (Lipinski definition) is 2. The Labute approximate surface area is 116 Å². The molecule has 1 aliphatic heterocycles. The number of nitrogens with zero attached hydrogens (tertiary/aromatic N) is 1.